The van der Waals surface area contributed by atoms with Crippen molar-refractivity contribution in [2.24, 2.45) is 0 Å². The topological polar surface area (TPSA) is 123 Å². The van der Waals surface area contributed by atoms with Gasteiger partial charge in [-0.15, -0.1) is 0 Å². The molecule has 1 fully saturated rings. The number of benzene rings is 2. The Hall–Kier alpha value is -2.78. The molecule has 8 nitrogen and oxygen atoms in total. The maximum atomic E-state index is 12.4. The highest BCUT2D eigenvalue weighted by Gasteiger charge is 2.49. The fraction of sp³-hybridized carbons (Fsp3) is 0.300. The molecule has 0 bridgehead atoms. The Bertz CT molecular complexity index is 794. The van der Waals surface area contributed by atoms with Gasteiger partial charge >= 0.3 is 11.9 Å². The smallest absolute Gasteiger partial charge is 0.338 e. The van der Waals surface area contributed by atoms with E-state index in [0.29, 0.717) is 0 Å². The van der Waals surface area contributed by atoms with Gasteiger partial charge in [0.1, 0.15) is 12.2 Å². The van der Waals surface area contributed by atoms with E-state index in [9.17, 15) is 24.9 Å². The summed E-state index contributed by atoms with van der Waals surface area (Å²) in [6.07, 6.45) is -7.37. The van der Waals surface area contributed by atoms with Gasteiger partial charge in [0.25, 0.3) is 0 Å². The predicted molar refractivity (Wildman–Crippen MR) is 95.3 cm³/mol. The third-order valence-electron chi connectivity index (χ3n) is 4.32. The first-order chi connectivity index (χ1) is 13.5. The third-order valence-corrected chi connectivity index (χ3v) is 4.32. The van der Waals surface area contributed by atoms with Crippen molar-refractivity contribution in [3.8, 4) is 0 Å². The Morgan fingerprint density at radius 1 is 0.821 bits per heavy atom. The number of aliphatic hydroxyl groups excluding tert-OH is 3. The molecule has 3 rings (SSSR count). The number of rotatable bonds is 5. The summed E-state index contributed by atoms with van der Waals surface area (Å²) in [5.74, 6) is -1.57. The van der Waals surface area contributed by atoms with Crippen LogP contribution in [0, 0.1) is 0 Å². The van der Waals surface area contributed by atoms with E-state index < -0.39 is 49.3 Å². The fourth-order valence-electron chi connectivity index (χ4n) is 2.85. The number of ether oxygens (including phenoxy) is 3. The highest BCUT2D eigenvalue weighted by molar-refractivity contribution is 5.90. The number of hydrogen-bond donors (Lipinski definition) is 3. The van der Waals surface area contributed by atoms with Gasteiger partial charge in [0, 0.05) is 0 Å². The molecule has 5 atom stereocenters. The van der Waals surface area contributed by atoms with E-state index in [1.807, 2.05) is 0 Å². The molecule has 2 aromatic carbocycles. The van der Waals surface area contributed by atoms with Crippen molar-refractivity contribution in [2.45, 2.75) is 30.7 Å². The largest absolute Gasteiger partial charge is 0.452 e. The van der Waals surface area contributed by atoms with E-state index >= 15 is 0 Å². The number of carbonyl (C=O) groups is 2. The van der Waals surface area contributed by atoms with E-state index in [-0.39, 0.29) is 11.1 Å². The molecule has 0 aliphatic carbocycles. The van der Waals surface area contributed by atoms with E-state index in [1.165, 1.54) is 24.3 Å². The normalized spacial score (nSPS) is 27.0. The summed E-state index contributed by atoms with van der Waals surface area (Å²) in [5.41, 5.74) is 0.422. The molecule has 0 amide bonds. The van der Waals surface area contributed by atoms with E-state index in [2.05, 4.69) is 0 Å². The van der Waals surface area contributed by atoms with Gasteiger partial charge in [0.2, 0.25) is 0 Å². The lowest BCUT2D eigenvalue weighted by molar-refractivity contribution is -0.285. The molecule has 1 saturated heterocycles. The molecule has 2 aromatic rings. The first kappa shape index (κ1) is 20.0. The van der Waals surface area contributed by atoms with E-state index in [0.717, 1.165) is 0 Å². The minimum atomic E-state index is -1.71. The van der Waals surface area contributed by atoms with Crippen molar-refractivity contribution in [3.63, 3.8) is 0 Å². The highest BCUT2D eigenvalue weighted by atomic mass is 16.7. The SMILES string of the molecule is O=C(O[C@@H]1[C@@H](OC(=O)c2ccccc2)[C@@H](O)[C@@H](CO)O[C@@H]1O)c1ccccc1. The number of esters is 2. The van der Waals surface area contributed by atoms with Crippen LogP contribution in [0.3, 0.4) is 0 Å². The van der Waals surface area contributed by atoms with Gasteiger partial charge in [-0.3, -0.25) is 0 Å². The fourth-order valence-corrected chi connectivity index (χ4v) is 2.85. The second-order valence-corrected chi connectivity index (χ2v) is 6.21. The molecule has 0 radical (unpaired) electrons. The molecule has 1 heterocycles. The first-order valence-electron chi connectivity index (χ1n) is 8.65. The highest BCUT2D eigenvalue weighted by Crippen LogP contribution is 2.26. The quantitative estimate of drug-likeness (QED) is 0.633. The van der Waals surface area contributed by atoms with Gasteiger partial charge in [0.15, 0.2) is 18.5 Å². The Balaban J connectivity index is 1.82. The minimum Gasteiger partial charge on any atom is -0.452 e. The third kappa shape index (κ3) is 4.37. The number of hydrogen-bond acceptors (Lipinski definition) is 8. The lowest BCUT2D eigenvalue weighted by atomic mass is 9.98. The Labute approximate surface area is 160 Å². The molecule has 28 heavy (non-hydrogen) atoms. The van der Waals surface area contributed by atoms with Crippen LogP contribution in [-0.4, -0.2) is 64.6 Å². The van der Waals surface area contributed by atoms with E-state index in [4.69, 9.17) is 14.2 Å². The van der Waals surface area contributed by atoms with Gasteiger partial charge in [0.05, 0.1) is 17.7 Å². The summed E-state index contributed by atoms with van der Waals surface area (Å²) in [5, 5.41) is 30.0. The molecule has 1 aliphatic heterocycles. The van der Waals surface area contributed by atoms with Crippen LogP contribution in [0.5, 0.6) is 0 Å². The van der Waals surface area contributed by atoms with Crippen LogP contribution in [0.4, 0.5) is 0 Å². The monoisotopic (exact) mass is 388 g/mol. The zero-order chi connectivity index (χ0) is 20.1. The molecule has 0 spiro atoms. The van der Waals surface area contributed by atoms with Crippen LogP contribution in [0.25, 0.3) is 0 Å². The zero-order valence-corrected chi connectivity index (χ0v) is 14.8. The minimum absolute atomic E-state index is 0.210. The lowest BCUT2D eigenvalue weighted by Gasteiger charge is -2.41. The summed E-state index contributed by atoms with van der Waals surface area (Å²) in [7, 11) is 0. The van der Waals surface area contributed by atoms with Crippen molar-refractivity contribution < 1.29 is 39.1 Å². The maximum absolute atomic E-state index is 12.4. The van der Waals surface area contributed by atoms with Gasteiger partial charge < -0.3 is 29.5 Å². The lowest BCUT2D eigenvalue weighted by Crippen LogP contribution is -2.61. The second-order valence-electron chi connectivity index (χ2n) is 6.21. The summed E-state index contributed by atoms with van der Waals surface area (Å²) >= 11 is 0. The van der Waals surface area contributed by atoms with Gasteiger partial charge in [-0.1, -0.05) is 36.4 Å². The predicted octanol–water partition coefficient (Wildman–Crippen LogP) is 0.508. The average Bonchev–Trinajstić information content (AvgIpc) is 2.73. The summed E-state index contributed by atoms with van der Waals surface area (Å²) in [6, 6.07) is 16.0. The molecule has 3 N–H and O–H groups in total. The van der Waals surface area contributed by atoms with Gasteiger partial charge in [-0.25, -0.2) is 9.59 Å². The van der Waals surface area contributed by atoms with Crippen LogP contribution in [0.15, 0.2) is 60.7 Å². The van der Waals surface area contributed by atoms with Gasteiger partial charge in [-0.05, 0) is 24.3 Å². The Morgan fingerprint density at radius 3 is 1.75 bits per heavy atom. The van der Waals surface area contributed by atoms with Crippen LogP contribution in [-0.2, 0) is 14.2 Å². The molecular formula is C20H20O8. The Kier molecular flexibility index (Phi) is 6.37. The van der Waals surface area contributed by atoms with Crippen LogP contribution < -0.4 is 0 Å². The van der Waals surface area contributed by atoms with Crippen LogP contribution in [0.1, 0.15) is 20.7 Å². The standard InChI is InChI=1S/C20H20O8/c21-11-14-15(22)16(27-18(23)12-7-3-1-4-8-12)17(20(25)26-14)28-19(24)13-9-5-2-6-10-13/h1-10,14-17,20-22,25H,11H2/t14-,15+,16+,17-,20+/m1/s1. The van der Waals surface area contributed by atoms with E-state index in [1.54, 1.807) is 36.4 Å². The molecular weight excluding hydrogens is 368 g/mol. The second kappa shape index (κ2) is 8.94. The van der Waals surface area contributed by atoms with Crippen molar-refractivity contribution in [1.82, 2.24) is 0 Å². The summed E-state index contributed by atoms with van der Waals surface area (Å²) < 4.78 is 15.7. The van der Waals surface area contributed by atoms with Crippen molar-refractivity contribution in [1.29, 1.82) is 0 Å². The maximum Gasteiger partial charge on any atom is 0.338 e. The molecule has 0 unspecified atom stereocenters. The molecule has 0 aromatic heterocycles. The Morgan fingerprint density at radius 2 is 1.29 bits per heavy atom. The van der Waals surface area contributed by atoms with Crippen molar-refractivity contribution >= 4 is 11.9 Å². The first-order valence-corrected chi connectivity index (χ1v) is 8.65. The van der Waals surface area contributed by atoms with Crippen molar-refractivity contribution in [3.05, 3.63) is 71.8 Å². The molecule has 1 aliphatic rings. The molecule has 8 heteroatoms. The van der Waals surface area contributed by atoms with Gasteiger partial charge in [-0.2, -0.15) is 0 Å². The van der Waals surface area contributed by atoms with Crippen LogP contribution in [0.2, 0.25) is 0 Å². The molecule has 0 saturated carbocycles. The summed E-state index contributed by atoms with van der Waals surface area (Å²) in [4.78, 5) is 24.8. The average molecular weight is 388 g/mol. The molecule has 148 valence electrons. The van der Waals surface area contributed by atoms with Crippen molar-refractivity contribution in [2.75, 3.05) is 6.61 Å². The number of aliphatic hydroxyl groups is 3. The summed E-state index contributed by atoms with van der Waals surface area (Å²) in [6.45, 7) is -0.628. The number of carbonyl (C=O) groups excluding carboxylic acids is 2. The zero-order valence-electron chi connectivity index (χ0n) is 14.8. The van der Waals surface area contributed by atoms with Crippen LogP contribution >= 0.6 is 0 Å².